The summed E-state index contributed by atoms with van der Waals surface area (Å²) in [5.41, 5.74) is 2.11. The Balaban J connectivity index is 0.000000806. The van der Waals surface area contributed by atoms with Crippen molar-refractivity contribution in [1.82, 2.24) is 26.3 Å². The second-order valence-corrected chi connectivity index (χ2v) is 10.9. The minimum absolute atomic E-state index is 0.00694. The topological polar surface area (TPSA) is 61.0 Å². The second-order valence-electron chi connectivity index (χ2n) is 8.49. The van der Waals surface area contributed by atoms with Crippen LogP contribution in [0.15, 0.2) is 12.1 Å². The molecule has 2 saturated carbocycles. The Hall–Kier alpha value is 0.379. The summed E-state index contributed by atoms with van der Waals surface area (Å²) in [7, 11) is 9.59. The van der Waals surface area contributed by atoms with Gasteiger partial charge in [-0.3, -0.25) is 4.98 Å². The summed E-state index contributed by atoms with van der Waals surface area (Å²) in [6.45, 7) is 3.68. The van der Waals surface area contributed by atoms with Gasteiger partial charge >= 0.3 is 33.3 Å². The Morgan fingerprint density at radius 1 is 0.700 bits per heavy atom. The second kappa shape index (κ2) is 13.8. The van der Waals surface area contributed by atoms with E-state index in [0.717, 1.165) is 42.6 Å². The molecule has 4 atom stereocenters. The fourth-order valence-electron chi connectivity index (χ4n) is 5.02. The van der Waals surface area contributed by atoms with Crippen LogP contribution in [0.5, 0.6) is 0 Å². The zero-order valence-electron chi connectivity index (χ0n) is 17.4. The molecule has 30 heavy (non-hydrogen) atoms. The molecule has 2 aliphatic carbocycles. The zero-order valence-corrected chi connectivity index (χ0v) is 20.9. The first-order chi connectivity index (χ1) is 14.7. The molecule has 2 heterocycles. The molecule has 1 aromatic rings. The third kappa shape index (κ3) is 8.06. The average molecular weight is 518 g/mol. The minimum atomic E-state index is 0.00694. The molecule has 2 unspecified atom stereocenters. The number of aromatic nitrogens is 1. The van der Waals surface area contributed by atoms with Crippen molar-refractivity contribution in [2.75, 3.05) is 13.1 Å². The Bertz CT molecular complexity index is 590. The fourth-order valence-corrected chi connectivity index (χ4v) is 5.27. The Labute approximate surface area is 200 Å². The molecule has 4 rings (SSSR count). The van der Waals surface area contributed by atoms with Crippen LogP contribution in [-0.2, 0) is 26.2 Å². The number of rotatable bonds is 0. The first kappa shape index (κ1) is 25.0. The number of nitrogens with one attached hydrogen (secondary N) is 4. The predicted molar refractivity (Wildman–Crippen MR) is 123 cm³/mol. The van der Waals surface area contributed by atoms with E-state index in [1.165, 1.54) is 51.4 Å². The Morgan fingerprint density at radius 3 is 1.47 bits per heavy atom. The van der Waals surface area contributed by atoms with Crippen molar-refractivity contribution >= 4 is 31.8 Å². The predicted octanol–water partition coefficient (Wildman–Crippen LogP) is 4.11. The molecule has 3 aliphatic rings. The molecule has 2 fully saturated rings. The zero-order chi connectivity index (χ0) is 21.2. The number of halogens is 3. The van der Waals surface area contributed by atoms with Crippen LogP contribution >= 0.6 is 31.8 Å². The van der Waals surface area contributed by atoms with Gasteiger partial charge in [0.25, 0.3) is 0 Å². The molecule has 0 spiro atoms. The van der Waals surface area contributed by atoms with Crippen molar-refractivity contribution in [3.05, 3.63) is 28.5 Å². The van der Waals surface area contributed by atoms with Crippen molar-refractivity contribution in [3.8, 4) is 0 Å². The number of fused-ring (bicyclic) bond motifs is 4. The summed E-state index contributed by atoms with van der Waals surface area (Å²) in [5, 5.41) is 15.9. The SMILES string of the molecule is Clc1cc2nc(c1)CN[C@@H]1CCCC[C@H]1NCCNC1CCCCC1NC2.[Cl][Mn][Cl]. The maximum atomic E-state index is 6.39. The Kier molecular flexibility index (Phi) is 11.5. The van der Waals surface area contributed by atoms with Gasteiger partial charge in [0.05, 0.1) is 11.4 Å². The summed E-state index contributed by atoms with van der Waals surface area (Å²) in [4.78, 5) is 4.87. The molecular weight excluding hydrogens is 484 g/mol. The van der Waals surface area contributed by atoms with Crippen LogP contribution in [0.3, 0.4) is 0 Å². The van der Waals surface area contributed by atoms with Gasteiger partial charge in [0.15, 0.2) is 0 Å². The molecule has 5 nitrogen and oxygen atoms in total. The van der Waals surface area contributed by atoms with Gasteiger partial charge in [0.1, 0.15) is 0 Å². The van der Waals surface area contributed by atoms with Crippen LogP contribution in [0.4, 0.5) is 0 Å². The van der Waals surface area contributed by atoms with E-state index in [2.05, 4.69) is 21.3 Å². The van der Waals surface area contributed by atoms with Gasteiger partial charge in [-0.05, 0) is 37.8 Å². The standard InChI is InChI=1S/C21H34ClN5.2ClH.Mn/c22-15-11-16-13-25-20-7-3-1-5-18(20)23-9-10-24-19-6-2-4-8-21(19)26-14-17(12-15)27-16;;;/h11-12,18-21,23-26H,1-10,13-14H2;2*1H;/q;;;+2/p-2/t18-,19?,20-,21?;;;/m1.../s1. The molecule has 0 amide bonds. The number of nitrogens with zero attached hydrogens (tertiary/aromatic N) is 1. The normalized spacial score (nSPS) is 30.5. The van der Waals surface area contributed by atoms with E-state index in [1.54, 1.807) is 0 Å². The van der Waals surface area contributed by atoms with Crippen LogP contribution in [0.1, 0.15) is 62.8 Å². The summed E-state index contributed by atoms with van der Waals surface area (Å²) in [6.07, 6.45) is 10.3. The van der Waals surface area contributed by atoms with Gasteiger partial charge in [-0.25, -0.2) is 0 Å². The van der Waals surface area contributed by atoms with E-state index in [0.29, 0.717) is 24.2 Å². The molecule has 0 radical (unpaired) electrons. The van der Waals surface area contributed by atoms with Gasteiger partial charge in [-0.1, -0.05) is 37.3 Å². The van der Waals surface area contributed by atoms with Gasteiger partial charge in [-0.15, -0.1) is 0 Å². The van der Waals surface area contributed by atoms with E-state index in [4.69, 9.17) is 36.8 Å². The maximum absolute atomic E-state index is 6.39. The van der Waals surface area contributed by atoms with Gasteiger partial charge in [0.2, 0.25) is 0 Å². The van der Waals surface area contributed by atoms with E-state index in [-0.39, 0.29) is 13.1 Å². The molecule has 2 bridgehead atoms. The quantitative estimate of drug-likeness (QED) is 0.390. The molecule has 171 valence electrons. The van der Waals surface area contributed by atoms with E-state index in [1.807, 2.05) is 12.1 Å². The van der Waals surface area contributed by atoms with E-state index in [9.17, 15) is 0 Å². The van der Waals surface area contributed by atoms with Crippen molar-refractivity contribution in [2.24, 2.45) is 0 Å². The summed E-state index contributed by atoms with van der Waals surface area (Å²) in [5.74, 6) is 0. The summed E-state index contributed by atoms with van der Waals surface area (Å²) in [6, 6.07) is 6.18. The molecule has 0 saturated heterocycles. The number of pyridine rings is 1. The van der Waals surface area contributed by atoms with Crippen LogP contribution in [0.2, 0.25) is 5.02 Å². The van der Waals surface area contributed by atoms with E-state index < -0.39 is 0 Å². The first-order valence-corrected chi connectivity index (χ1v) is 14.8. The molecule has 1 aromatic heterocycles. The van der Waals surface area contributed by atoms with Crippen LogP contribution < -0.4 is 21.3 Å². The van der Waals surface area contributed by atoms with Crippen molar-refractivity contribution in [2.45, 2.75) is 88.6 Å². The third-order valence-corrected chi connectivity index (χ3v) is 6.68. The molecule has 0 aromatic carbocycles. The van der Waals surface area contributed by atoms with Crippen LogP contribution in [0.25, 0.3) is 0 Å². The summed E-state index contributed by atoms with van der Waals surface area (Å²) >= 11 is 6.40. The summed E-state index contributed by atoms with van der Waals surface area (Å²) < 4.78 is 0. The monoisotopic (exact) mass is 516 g/mol. The molecule has 9 heteroatoms. The molecular formula is C21H34Cl3MnN5. The molecule has 4 N–H and O–H groups in total. The molecule has 1 aliphatic heterocycles. The number of hydrogen-bond acceptors (Lipinski definition) is 5. The van der Waals surface area contributed by atoms with Crippen molar-refractivity contribution < 1.29 is 13.1 Å². The Morgan fingerprint density at radius 2 is 1.07 bits per heavy atom. The third-order valence-electron chi connectivity index (χ3n) is 6.46. The van der Waals surface area contributed by atoms with Crippen LogP contribution in [-0.4, -0.2) is 42.2 Å². The first-order valence-electron chi connectivity index (χ1n) is 11.2. The fraction of sp³-hybridized carbons (Fsp3) is 0.762. The van der Waals surface area contributed by atoms with Crippen molar-refractivity contribution in [1.29, 1.82) is 0 Å². The van der Waals surface area contributed by atoms with Crippen LogP contribution in [0, 0.1) is 0 Å². The average Bonchev–Trinajstić information content (AvgIpc) is 2.75. The van der Waals surface area contributed by atoms with Gasteiger partial charge < -0.3 is 21.3 Å². The van der Waals surface area contributed by atoms with Gasteiger partial charge in [0, 0.05) is 55.4 Å². The number of hydrogen-bond donors (Lipinski definition) is 4. The van der Waals surface area contributed by atoms with E-state index >= 15 is 0 Å². The van der Waals surface area contributed by atoms with Gasteiger partial charge in [-0.2, -0.15) is 0 Å². The van der Waals surface area contributed by atoms with Crippen molar-refractivity contribution in [3.63, 3.8) is 0 Å².